The minimum Gasteiger partial charge on any atom is -0.380 e. The highest BCUT2D eigenvalue weighted by Gasteiger charge is 2.27. The van der Waals surface area contributed by atoms with Crippen LogP contribution in [-0.2, 0) is 9.47 Å². The number of hydrogen-bond donors (Lipinski definition) is 1. The molecule has 0 aromatic carbocycles. The monoisotopic (exact) mass is 472 g/mol. The second kappa shape index (κ2) is 13.2. The number of nitriles is 1. The van der Waals surface area contributed by atoms with Crippen LogP contribution in [0.2, 0.25) is 0 Å². The number of carbonyl (C=O) groups is 1. The van der Waals surface area contributed by atoms with E-state index < -0.39 is 0 Å². The molecule has 0 radical (unpaired) electrons. The molecule has 1 amide bonds. The van der Waals surface area contributed by atoms with Crippen molar-refractivity contribution in [3.63, 3.8) is 0 Å². The molecule has 33 heavy (non-hydrogen) atoms. The summed E-state index contributed by atoms with van der Waals surface area (Å²) in [4.78, 5) is 26.1. The van der Waals surface area contributed by atoms with Crippen molar-refractivity contribution in [1.82, 2.24) is 19.8 Å². The van der Waals surface area contributed by atoms with Gasteiger partial charge in [-0.25, -0.2) is 9.97 Å². The molecule has 0 unspecified atom stereocenters. The van der Waals surface area contributed by atoms with Gasteiger partial charge in [0.15, 0.2) is 5.13 Å². The van der Waals surface area contributed by atoms with Crippen LogP contribution in [0.5, 0.6) is 0 Å². The van der Waals surface area contributed by atoms with Crippen LogP contribution in [0.4, 0.5) is 10.9 Å². The lowest BCUT2D eigenvalue weighted by molar-refractivity contribution is 0.0546. The maximum absolute atomic E-state index is 13.0. The molecule has 1 aliphatic rings. The maximum atomic E-state index is 13.0. The first-order chi connectivity index (χ1) is 16.2. The lowest BCUT2D eigenvalue weighted by Gasteiger charge is -2.21. The molecular weight excluding hydrogens is 440 g/mol. The van der Waals surface area contributed by atoms with E-state index in [2.05, 4.69) is 21.3 Å². The van der Waals surface area contributed by atoms with Crippen molar-refractivity contribution in [3.8, 4) is 6.07 Å². The number of nitrogens with zero attached hydrogens (tertiary/aromatic N) is 5. The molecule has 1 fully saturated rings. The van der Waals surface area contributed by atoms with Gasteiger partial charge in [-0.15, -0.1) is 11.3 Å². The van der Waals surface area contributed by atoms with Gasteiger partial charge in [-0.3, -0.25) is 9.69 Å². The van der Waals surface area contributed by atoms with Crippen molar-refractivity contribution >= 4 is 28.2 Å². The van der Waals surface area contributed by atoms with Gasteiger partial charge in [0.1, 0.15) is 11.5 Å². The molecule has 1 atom stereocenters. The summed E-state index contributed by atoms with van der Waals surface area (Å²) in [5.74, 6) is 0.535. The van der Waals surface area contributed by atoms with Gasteiger partial charge in [0, 0.05) is 31.7 Å². The third-order valence-electron chi connectivity index (χ3n) is 5.41. The van der Waals surface area contributed by atoms with Crippen LogP contribution < -0.4 is 5.32 Å². The predicted molar refractivity (Wildman–Crippen MR) is 128 cm³/mol. The van der Waals surface area contributed by atoms with Gasteiger partial charge in [-0.1, -0.05) is 6.07 Å². The van der Waals surface area contributed by atoms with Crippen molar-refractivity contribution in [1.29, 1.82) is 5.26 Å². The Morgan fingerprint density at radius 1 is 1.27 bits per heavy atom. The van der Waals surface area contributed by atoms with E-state index in [4.69, 9.17) is 19.7 Å². The van der Waals surface area contributed by atoms with Gasteiger partial charge < -0.3 is 19.7 Å². The lowest BCUT2D eigenvalue weighted by Crippen LogP contribution is -2.37. The number of thiazole rings is 1. The summed E-state index contributed by atoms with van der Waals surface area (Å²) in [6, 6.07) is 8.23. The average Bonchev–Trinajstić information content (AvgIpc) is 3.48. The second-order valence-corrected chi connectivity index (χ2v) is 8.44. The normalized spacial score (nSPS) is 16.0. The minimum atomic E-state index is -0.140. The van der Waals surface area contributed by atoms with Crippen LogP contribution in [-0.4, -0.2) is 78.3 Å². The fourth-order valence-electron chi connectivity index (χ4n) is 3.80. The van der Waals surface area contributed by atoms with Crippen molar-refractivity contribution in [3.05, 3.63) is 35.0 Å². The lowest BCUT2D eigenvalue weighted by atomic mass is 10.1. The quantitative estimate of drug-likeness (QED) is 0.349. The third kappa shape index (κ3) is 7.20. The molecule has 178 valence electrons. The number of pyridine rings is 1. The molecule has 9 nitrogen and oxygen atoms in total. The molecule has 0 spiro atoms. The Kier molecular flexibility index (Phi) is 10.0. The predicted octanol–water partition coefficient (Wildman–Crippen LogP) is 3.46. The van der Waals surface area contributed by atoms with E-state index in [9.17, 15) is 4.79 Å². The van der Waals surface area contributed by atoms with Crippen LogP contribution in [0.1, 0.15) is 48.9 Å². The van der Waals surface area contributed by atoms with Gasteiger partial charge in [-0.2, -0.15) is 5.26 Å². The van der Waals surface area contributed by atoms with E-state index >= 15 is 0 Å². The number of ether oxygens (including phenoxy) is 2. The number of hydrogen-bond acceptors (Lipinski definition) is 9. The SMILES string of the molecule is CCOCCN(CCOCC)C(=O)c1csc(Nc2cccc([C@H]3CCCN3CC#N)n2)n1. The molecule has 3 heterocycles. The van der Waals surface area contributed by atoms with Crippen molar-refractivity contribution in [2.45, 2.75) is 32.7 Å². The second-order valence-electron chi connectivity index (χ2n) is 7.58. The van der Waals surface area contributed by atoms with Crippen molar-refractivity contribution in [2.75, 3.05) is 57.9 Å². The minimum absolute atomic E-state index is 0.140. The maximum Gasteiger partial charge on any atom is 0.273 e. The molecular formula is C23H32N6O3S. The standard InChI is InChI=1S/C23H32N6O3S/c1-3-31-15-13-29(14-16-32-4-2)22(30)19-17-33-23(26-19)27-21-9-5-7-18(25-21)20-8-6-11-28(20)12-10-24/h5,7,9,17,20H,3-4,6,8,11-16H2,1-2H3,(H,25,26,27)/t20-/m1/s1. The number of aromatic nitrogens is 2. The molecule has 1 N–H and O–H groups in total. The Bertz CT molecular complexity index is 921. The molecule has 1 aliphatic heterocycles. The Hall–Kier alpha value is -2.58. The van der Waals surface area contributed by atoms with Crippen molar-refractivity contribution in [2.24, 2.45) is 0 Å². The molecule has 10 heteroatoms. The number of amides is 1. The highest BCUT2D eigenvalue weighted by molar-refractivity contribution is 7.14. The molecule has 0 bridgehead atoms. The highest BCUT2D eigenvalue weighted by Crippen LogP contribution is 2.31. The van der Waals surface area contributed by atoms with Crippen molar-refractivity contribution < 1.29 is 14.3 Å². The van der Waals surface area contributed by atoms with E-state index in [1.54, 1.807) is 10.3 Å². The number of carbonyl (C=O) groups excluding carboxylic acids is 1. The molecule has 2 aromatic heterocycles. The van der Waals surface area contributed by atoms with E-state index in [1.165, 1.54) is 11.3 Å². The fraction of sp³-hybridized carbons (Fsp3) is 0.565. The fourth-order valence-corrected chi connectivity index (χ4v) is 4.49. The summed E-state index contributed by atoms with van der Waals surface area (Å²) >= 11 is 1.37. The summed E-state index contributed by atoms with van der Waals surface area (Å²) < 4.78 is 10.8. The summed E-state index contributed by atoms with van der Waals surface area (Å²) in [6.07, 6.45) is 2.06. The zero-order chi connectivity index (χ0) is 23.5. The Morgan fingerprint density at radius 3 is 2.73 bits per heavy atom. The summed E-state index contributed by atoms with van der Waals surface area (Å²) in [5, 5.41) is 14.7. The van der Waals surface area contributed by atoms with Crippen LogP contribution in [0.3, 0.4) is 0 Å². The Morgan fingerprint density at radius 2 is 2.03 bits per heavy atom. The molecule has 3 rings (SSSR count). The zero-order valence-electron chi connectivity index (χ0n) is 19.3. The number of anilines is 2. The number of likely N-dealkylation sites (tertiary alicyclic amines) is 1. The Balaban J connectivity index is 1.65. The van der Waals surface area contributed by atoms with Gasteiger partial charge in [0.2, 0.25) is 0 Å². The van der Waals surface area contributed by atoms with E-state index in [0.29, 0.717) is 62.7 Å². The average molecular weight is 473 g/mol. The smallest absolute Gasteiger partial charge is 0.273 e. The molecule has 1 saturated heterocycles. The zero-order valence-corrected chi connectivity index (χ0v) is 20.1. The van der Waals surface area contributed by atoms with E-state index in [-0.39, 0.29) is 11.9 Å². The van der Waals surface area contributed by atoms with Gasteiger partial charge >= 0.3 is 0 Å². The number of nitrogens with one attached hydrogen (secondary N) is 1. The molecule has 2 aromatic rings. The summed E-state index contributed by atoms with van der Waals surface area (Å²) in [7, 11) is 0. The van der Waals surface area contributed by atoms with Crippen LogP contribution in [0, 0.1) is 11.3 Å². The van der Waals surface area contributed by atoms with Crippen LogP contribution >= 0.6 is 11.3 Å². The van der Waals surface area contributed by atoms with Crippen LogP contribution in [0.25, 0.3) is 0 Å². The van der Waals surface area contributed by atoms with Gasteiger partial charge in [-0.05, 0) is 45.4 Å². The third-order valence-corrected chi connectivity index (χ3v) is 6.17. The van der Waals surface area contributed by atoms with Gasteiger partial charge in [0.25, 0.3) is 5.91 Å². The largest absolute Gasteiger partial charge is 0.380 e. The molecule has 0 saturated carbocycles. The summed E-state index contributed by atoms with van der Waals surface area (Å²) in [6.45, 7) is 8.34. The Labute approximate surface area is 199 Å². The van der Waals surface area contributed by atoms with E-state index in [1.807, 2.05) is 32.0 Å². The first kappa shape index (κ1) is 25.1. The summed E-state index contributed by atoms with van der Waals surface area (Å²) in [5.41, 5.74) is 1.33. The van der Waals surface area contributed by atoms with Crippen LogP contribution in [0.15, 0.2) is 23.6 Å². The first-order valence-corrected chi connectivity index (χ1v) is 12.3. The number of rotatable bonds is 13. The molecule has 0 aliphatic carbocycles. The topological polar surface area (TPSA) is 104 Å². The first-order valence-electron chi connectivity index (χ1n) is 11.4. The van der Waals surface area contributed by atoms with E-state index in [0.717, 1.165) is 25.1 Å². The highest BCUT2D eigenvalue weighted by atomic mass is 32.1. The van der Waals surface area contributed by atoms with Gasteiger partial charge in [0.05, 0.1) is 37.6 Å².